The van der Waals surface area contributed by atoms with Crippen LogP contribution in [-0.4, -0.2) is 77.3 Å². The lowest BCUT2D eigenvalue weighted by atomic mass is 9.92. The van der Waals surface area contributed by atoms with Crippen LogP contribution in [0.1, 0.15) is 34.1 Å². The van der Waals surface area contributed by atoms with Gasteiger partial charge in [-0.1, -0.05) is 54.6 Å². The molecular weight excluding hydrogens is 530 g/mol. The molecule has 1 N–H and O–H groups in total. The highest BCUT2D eigenvalue weighted by atomic mass is 16.6. The van der Waals surface area contributed by atoms with Crippen molar-refractivity contribution in [3.63, 3.8) is 0 Å². The highest BCUT2D eigenvalue weighted by Gasteiger charge is 2.48. The second kappa shape index (κ2) is 11.3. The molecule has 4 aromatic rings. The van der Waals surface area contributed by atoms with Gasteiger partial charge in [0, 0.05) is 36.5 Å². The van der Waals surface area contributed by atoms with Gasteiger partial charge in [0.05, 0.1) is 35.7 Å². The monoisotopic (exact) mass is 563 g/mol. The normalized spacial score (nSPS) is 24.1. The molecule has 0 bridgehead atoms. The molecular formula is C34H33N3O5. The molecule has 2 fully saturated rings. The maximum absolute atomic E-state index is 13.2. The molecule has 2 saturated heterocycles. The van der Waals surface area contributed by atoms with Gasteiger partial charge in [-0.25, -0.2) is 4.99 Å². The lowest BCUT2D eigenvalue weighted by Gasteiger charge is -2.33. The Morgan fingerprint density at radius 2 is 1.83 bits per heavy atom. The van der Waals surface area contributed by atoms with Gasteiger partial charge in [0.25, 0.3) is 0 Å². The molecule has 42 heavy (non-hydrogen) atoms. The average molecular weight is 564 g/mol. The first kappa shape index (κ1) is 26.8. The van der Waals surface area contributed by atoms with Crippen LogP contribution in [0.4, 0.5) is 5.69 Å². The largest absolute Gasteiger partial charge is 0.485 e. The summed E-state index contributed by atoms with van der Waals surface area (Å²) in [7, 11) is 0. The number of hydrogen-bond donors (Lipinski definition) is 1. The van der Waals surface area contributed by atoms with Crippen molar-refractivity contribution in [1.29, 1.82) is 0 Å². The highest BCUT2D eigenvalue weighted by Crippen LogP contribution is 2.33. The van der Waals surface area contributed by atoms with Crippen molar-refractivity contribution in [3.8, 4) is 5.75 Å². The van der Waals surface area contributed by atoms with Crippen molar-refractivity contribution in [2.45, 2.75) is 44.2 Å². The zero-order chi connectivity index (χ0) is 28.6. The lowest BCUT2D eigenvalue weighted by molar-refractivity contribution is 0.00863. The van der Waals surface area contributed by atoms with E-state index in [0.29, 0.717) is 23.6 Å². The van der Waals surface area contributed by atoms with Crippen LogP contribution in [0, 0.1) is 0 Å². The Balaban J connectivity index is 1.27. The van der Waals surface area contributed by atoms with Crippen molar-refractivity contribution in [1.82, 2.24) is 9.88 Å². The number of rotatable bonds is 7. The Morgan fingerprint density at radius 1 is 1.02 bits per heavy atom. The van der Waals surface area contributed by atoms with Crippen molar-refractivity contribution in [3.05, 3.63) is 101 Å². The minimum atomic E-state index is -0.630. The minimum Gasteiger partial charge on any atom is -0.485 e. The summed E-state index contributed by atoms with van der Waals surface area (Å²) in [5.74, 6) is 1.39. The average Bonchev–Trinajstić information content (AvgIpc) is 3.58. The van der Waals surface area contributed by atoms with E-state index < -0.39 is 6.10 Å². The van der Waals surface area contributed by atoms with Crippen LogP contribution in [-0.2, 0) is 22.3 Å². The number of amidine groups is 1. The number of Topliss-reactive ketones (excluding diaryl/α,β-unsaturated/α-hetero) is 1. The standard InChI is InChI=1S/C34H33N3O5/c1-21(38)30-25-12-5-6-13-26(25)36-27-15-17-37(16-14-22-8-3-2-4-9-22)34(31(27)30)35-23-10-7-11-24(18-23)42-29-20-41-32-28(39)19-40-33(29)32/h2-13,18,28-29,32-33,39H,14-17,19-20H2,1H3/t28-,29-,32+,33+/m0/s1. The Kier molecular flexibility index (Phi) is 7.19. The summed E-state index contributed by atoms with van der Waals surface area (Å²) in [6, 6.07) is 25.9. The maximum Gasteiger partial charge on any atom is 0.161 e. The molecule has 3 aromatic carbocycles. The third-order valence-electron chi connectivity index (χ3n) is 8.30. The number of para-hydroxylation sites is 1. The fourth-order valence-electron chi connectivity index (χ4n) is 6.28. The van der Waals surface area contributed by atoms with Crippen LogP contribution in [0.2, 0.25) is 0 Å². The number of pyridine rings is 1. The Morgan fingerprint density at radius 3 is 2.69 bits per heavy atom. The Labute approximate surface area is 244 Å². The van der Waals surface area contributed by atoms with Gasteiger partial charge in [0.1, 0.15) is 29.9 Å². The molecule has 8 nitrogen and oxygen atoms in total. The molecule has 4 heterocycles. The lowest BCUT2D eigenvalue weighted by Crippen LogP contribution is -2.41. The molecule has 3 aliphatic heterocycles. The zero-order valence-corrected chi connectivity index (χ0v) is 23.5. The van der Waals surface area contributed by atoms with Crippen LogP contribution in [0.5, 0.6) is 5.75 Å². The van der Waals surface area contributed by atoms with E-state index in [4.69, 9.17) is 24.2 Å². The number of aromatic nitrogens is 1. The van der Waals surface area contributed by atoms with Crippen molar-refractivity contribution >= 4 is 28.2 Å². The topological polar surface area (TPSA) is 93.5 Å². The second-order valence-electron chi connectivity index (χ2n) is 11.1. The van der Waals surface area contributed by atoms with Gasteiger partial charge >= 0.3 is 0 Å². The van der Waals surface area contributed by atoms with Crippen LogP contribution in [0.3, 0.4) is 0 Å². The third kappa shape index (κ3) is 5.06. The molecule has 0 saturated carbocycles. The Bertz CT molecular complexity index is 1660. The summed E-state index contributed by atoms with van der Waals surface area (Å²) in [5.41, 5.74) is 5.16. The number of benzene rings is 3. The van der Waals surface area contributed by atoms with Crippen LogP contribution in [0.15, 0.2) is 83.9 Å². The van der Waals surface area contributed by atoms with Gasteiger partial charge in [0.15, 0.2) is 11.9 Å². The summed E-state index contributed by atoms with van der Waals surface area (Å²) in [6.07, 6.45) is -0.0190. The molecule has 0 unspecified atom stereocenters. The molecule has 1 aromatic heterocycles. The van der Waals surface area contributed by atoms with E-state index >= 15 is 0 Å². The first-order valence-electron chi connectivity index (χ1n) is 14.5. The molecule has 0 amide bonds. The number of aliphatic hydroxyl groups excluding tert-OH is 1. The van der Waals surface area contributed by atoms with Crippen LogP contribution < -0.4 is 4.74 Å². The zero-order valence-electron chi connectivity index (χ0n) is 23.5. The van der Waals surface area contributed by atoms with Crippen LogP contribution in [0.25, 0.3) is 10.9 Å². The van der Waals surface area contributed by atoms with E-state index in [2.05, 4.69) is 29.2 Å². The van der Waals surface area contributed by atoms with Gasteiger partial charge in [-0.2, -0.15) is 0 Å². The number of fused-ring (bicyclic) bond motifs is 3. The summed E-state index contributed by atoms with van der Waals surface area (Å²) >= 11 is 0. The quantitative estimate of drug-likeness (QED) is 0.331. The first-order chi connectivity index (χ1) is 20.5. The molecule has 7 rings (SSSR count). The summed E-state index contributed by atoms with van der Waals surface area (Å²) in [5, 5.41) is 10.9. The van der Waals surface area contributed by atoms with Crippen LogP contribution >= 0.6 is 0 Å². The number of aliphatic imine (C=N–C) groups is 1. The number of carbonyl (C=O) groups excluding carboxylic acids is 1. The number of ether oxygens (including phenoxy) is 3. The number of nitrogens with zero attached hydrogens (tertiary/aromatic N) is 3. The molecule has 4 atom stereocenters. The second-order valence-corrected chi connectivity index (χ2v) is 11.1. The molecule has 0 aliphatic carbocycles. The summed E-state index contributed by atoms with van der Waals surface area (Å²) in [4.78, 5) is 25.7. The SMILES string of the molecule is CC(=O)c1c2c(nc3ccccc13)CCN(CCc1ccccc1)C2=Nc1cccc(O[C@H]2CO[C@H]3[C@@H]2OC[C@@H]3O)c1. The van der Waals surface area contributed by atoms with Crippen molar-refractivity contribution in [2.75, 3.05) is 26.3 Å². The van der Waals surface area contributed by atoms with Gasteiger partial charge < -0.3 is 24.2 Å². The highest BCUT2D eigenvalue weighted by molar-refractivity contribution is 6.17. The third-order valence-corrected chi connectivity index (χ3v) is 8.30. The number of ketones is 1. The van der Waals surface area contributed by atoms with E-state index in [9.17, 15) is 9.90 Å². The van der Waals surface area contributed by atoms with E-state index in [1.165, 1.54) is 5.56 Å². The molecule has 214 valence electrons. The molecule has 0 radical (unpaired) electrons. The smallest absolute Gasteiger partial charge is 0.161 e. The van der Waals surface area contributed by atoms with Gasteiger partial charge in [-0.15, -0.1) is 0 Å². The van der Waals surface area contributed by atoms with E-state index in [1.807, 2.05) is 54.6 Å². The predicted molar refractivity (Wildman–Crippen MR) is 160 cm³/mol. The molecule has 0 spiro atoms. The first-order valence-corrected chi connectivity index (χ1v) is 14.5. The summed E-state index contributed by atoms with van der Waals surface area (Å²) in [6.45, 7) is 3.73. The molecule has 8 heteroatoms. The maximum atomic E-state index is 13.2. The fourth-order valence-corrected chi connectivity index (χ4v) is 6.28. The van der Waals surface area contributed by atoms with Gasteiger partial charge in [-0.05, 0) is 37.1 Å². The van der Waals surface area contributed by atoms with Gasteiger partial charge in [-0.3, -0.25) is 9.78 Å². The van der Waals surface area contributed by atoms with Gasteiger partial charge in [0.2, 0.25) is 0 Å². The molecule has 3 aliphatic rings. The Hall–Kier alpha value is -4.11. The van der Waals surface area contributed by atoms with E-state index in [1.54, 1.807) is 6.92 Å². The number of hydrogen-bond acceptors (Lipinski definition) is 7. The van der Waals surface area contributed by atoms with Crippen molar-refractivity contribution < 1.29 is 24.1 Å². The number of aliphatic hydroxyl groups is 1. The predicted octanol–water partition coefficient (Wildman–Crippen LogP) is 4.52. The summed E-state index contributed by atoms with van der Waals surface area (Å²) < 4.78 is 17.8. The van der Waals surface area contributed by atoms with E-state index in [-0.39, 0.29) is 30.7 Å². The number of carbonyl (C=O) groups is 1. The minimum absolute atomic E-state index is 0.00548. The van der Waals surface area contributed by atoms with Crippen molar-refractivity contribution in [2.24, 2.45) is 4.99 Å². The fraction of sp³-hybridized carbons (Fsp3) is 0.324. The van der Waals surface area contributed by atoms with E-state index in [0.717, 1.165) is 53.9 Å².